The van der Waals surface area contributed by atoms with Crippen LogP contribution in [0.4, 0.5) is 0 Å². The Morgan fingerprint density at radius 2 is 2.07 bits per heavy atom. The highest BCUT2D eigenvalue weighted by Gasteiger charge is 2.09. The van der Waals surface area contributed by atoms with Gasteiger partial charge >= 0.3 is 0 Å². The van der Waals surface area contributed by atoms with E-state index in [4.69, 9.17) is 5.73 Å². The molecule has 0 fully saturated rings. The summed E-state index contributed by atoms with van der Waals surface area (Å²) in [4.78, 5) is 2.91. The maximum absolute atomic E-state index is 5.91. The van der Waals surface area contributed by atoms with Gasteiger partial charge in [-0.1, -0.05) is 13.8 Å². The fourth-order valence-corrected chi connectivity index (χ4v) is 2.49. The zero-order chi connectivity index (χ0) is 10.6. The molecular weight excluding hydrogens is 190 g/mol. The molecule has 2 unspecified atom stereocenters. The molecule has 0 aliphatic carbocycles. The predicted octanol–water partition coefficient (Wildman–Crippen LogP) is 3.68. The van der Waals surface area contributed by atoms with E-state index in [1.54, 1.807) is 0 Å². The van der Waals surface area contributed by atoms with Crippen LogP contribution in [-0.4, -0.2) is 6.04 Å². The Labute approximate surface area is 91.3 Å². The first-order valence-electron chi connectivity index (χ1n) is 5.45. The number of rotatable bonds is 5. The molecular formula is C12H21NS. The van der Waals surface area contributed by atoms with Crippen molar-refractivity contribution in [3.05, 3.63) is 21.9 Å². The van der Waals surface area contributed by atoms with Gasteiger partial charge in [0.25, 0.3) is 0 Å². The van der Waals surface area contributed by atoms with Gasteiger partial charge in [0.2, 0.25) is 0 Å². The maximum atomic E-state index is 5.91. The van der Waals surface area contributed by atoms with Crippen LogP contribution in [0.15, 0.2) is 12.1 Å². The Morgan fingerprint density at radius 1 is 1.36 bits per heavy atom. The molecule has 0 radical (unpaired) electrons. The fraction of sp³-hybridized carbons (Fsp3) is 0.667. The average Bonchev–Trinajstić information content (AvgIpc) is 2.60. The van der Waals surface area contributed by atoms with Gasteiger partial charge in [-0.05, 0) is 44.2 Å². The quantitative estimate of drug-likeness (QED) is 0.790. The summed E-state index contributed by atoms with van der Waals surface area (Å²) in [6.45, 7) is 6.62. The summed E-state index contributed by atoms with van der Waals surface area (Å²) in [5.74, 6) is 0.672. The molecule has 0 aliphatic rings. The van der Waals surface area contributed by atoms with Gasteiger partial charge in [0.1, 0.15) is 0 Å². The van der Waals surface area contributed by atoms with Crippen molar-refractivity contribution >= 4 is 11.3 Å². The largest absolute Gasteiger partial charge is 0.328 e. The molecule has 2 atom stereocenters. The van der Waals surface area contributed by atoms with Crippen LogP contribution < -0.4 is 5.73 Å². The molecule has 2 heteroatoms. The van der Waals surface area contributed by atoms with Crippen LogP contribution in [0.3, 0.4) is 0 Å². The first-order valence-corrected chi connectivity index (χ1v) is 6.27. The number of aryl methyl sites for hydroxylation is 1. The van der Waals surface area contributed by atoms with E-state index in [1.165, 1.54) is 16.2 Å². The fourth-order valence-electron chi connectivity index (χ4n) is 1.53. The van der Waals surface area contributed by atoms with E-state index in [-0.39, 0.29) is 0 Å². The summed E-state index contributed by atoms with van der Waals surface area (Å²) in [7, 11) is 0. The molecule has 0 saturated heterocycles. The molecule has 1 nitrogen and oxygen atoms in total. The first-order chi connectivity index (χ1) is 6.63. The summed E-state index contributed by atoms with van der Waals surface area (Å²) in [5.41, 5.74) is 5.91. The zero-order valence-corrected chi connectivity index (χ0v) is 10.2. The molecule has 1 aromatic rings. The smallest absolute Gasteiger partial charge is 0.00762 e. The van der Waals surface area contributed by atoms with E-state index < -0.39 is 0 Å². The van der Waals surface area contributed by atoms with E-state index in [2.05, 4.69) is 32.9 Å². The summed E-state index contributed by atoms with van der Waals surface area (Å²) >= 11 is 1.91. The number of hydrogen-bond donors (Lipinski definition) is 1. The molecule has 2 N–H and O–H groups in total. The minimum atomic E-state index is 0.388. The van der Waals surface area contributed by atoms with Gasteiger partial charge in [0, 0.05) is 15.8 Å². The molecule has 1 rings (SSSR count). The van der Waals surface area contributed by atoms with Crippen molar-refractivity contribution in [2.75, 3.05) is 0 Å². The lowest BCUT2D eigenvalue weighted by Gasteiger charge is -2.12. The highest BCUT2D eigenvalue weighted by Crippen LogP contribution is 2.27. The number of thiophene rings is 1. The van der Waals surface area contributed by atoms with Gasteiger partial charge in [-0.3, -0.25) is 0 Å². The van der Waals surface area contributed by atoms with Crippen LogP contribution in [0.25, 0.3) is 0 Å². The van der Waals surface area contributed by atoms with Crippen molar-refractivity contribution in [2.24, 2.45) is 5.73 Å². The third-order valence-electron chi connectivity index (χ3n) is 2.74. The monoisotopic (exact) mass is 211 g/mol. The number of hydrogen-bond acceptors (Lipinski definition) is 2. The highest BCUT2D eigenvalue weighted by atomic mass is 32.1. The molecule has 0 aliphatic heterocycles. The summed E-state index contributed by atoms with van der Waals surface area (Å²) in [6.07, 6.45) is 3.46. The maximum Gasteiger partial charge on any atom is 0.00762 e. The highest BCUT2D eigenvalue weighted by molar-refractivity contribution is 7.12. The summed E-state index contributed by atoms with van der Waals surface area (Å²) < 4.78 is 0. The molecule has 1 aromatic heterocycles. The molecule has 0 spiro atoms. The molecule has 0 aromatic carbocycles. The summed E-state index contributed by atoms with van der Waals surface area (Å²) in [6, 6.07) is 4.84. The first kappa shape index (κ1) is 11.7. The second-order valence-electron chi connectivity index (χ2n) is 4.10. The molecule has 14 heavy (non-hydrogen) atoms. The van der Waals surface area contributed by atoms with Gasteiger partial charge in [0.15, 0.2) is 0 Å². The second kappa shape index (κ2) is 5.52. The van der Waals surface area contributed by atoms with Crippen LogP contribution in [-0.2, 0) is 0 Å². The van der Waals surface area contributed by atoms with Crippen LogP contribution in [0.5, 0.6) is 0 Å². The second-order valence-corrected chi connectivity index (χ2v) is 5.41. The SMILES string of the molecule is CCC(N)CCC(C)c1ccc(C)s1. The lowest BCUT2D eigenvalue weighted by atomic mass is 9.99. The van der Waals surface area contributed by atoms with Crippen molar-refractivity contribution < 1.29 is 0 Å². The van der Waals surface area contributed by atoms with Gasteiger partial charge in [-0.25, -0.2) is 0 Å². The Balaban J connectivity index is 2.39. The van der Waals surface area contributed by atoms with Crippen LogP contribution in [0, 0.1) is 6.92 Å². The Bertz CT molecular complexity index is 267. The van der Waals surface area contributed by atoms with Crippen molar-refractivity contribution in [3.63, 3.8) is 0 Å². The molecule has 80 valence electrons. The molecule has 0 amide bonds. The van der Waals surface area contributed by atoms with Gasteiger partial charge in [0.05, 0.1) is 0 Å². The third kappa shape index (κ3) is 3.43. The molecule has 0 saturated carbocycles. The van der Waals surface area contributed by atoms with Gasteiger partial charge in [-0.2, -0.15) is 0 Å². The van der Waals surface area contributed by atoms with Crippen LogP contribution in [0.1, 0.15) is 48.8 Å². The zero-order valence-electron chi connectivity index (χ0n) is 9.42. The Morgan fingerprint density at radius 3 is 2.57 bits per heavy atom. The van der Waals surface area contributed by atoms with Gasteiger partial charge in [-0.15, -0.1) is 11.3 Å². The topological polar surface area (TPSA) is 26.0 Å². The Kier molecular flexibility index (Phi) is 4.63. The third-order valence-corrected chi connectivity index (χ3v) is 3.97. The van der Waals surface area contributed by atoms with E-state index >= 15 is 0 Å². The van der Waals surface area contributed by atoms with Crippen LogP contribution >= 0.6 is 11.3 Å². The predicted molar refractivity (Wildman–Crippen MR) is 65.0 cm³/mol. The van der Waals surface area contributed by atoms with E-state index in [9.17, 15) is 0 Å². The van der Waals surface area contributed by atoms with E-state index in [0.717, 1.165) is 12.8 Å². The number of nitrogens with two attached hydrogens (primary N) is 1. The molecule has 1 heterocycles. The Hall–Kier alpha value is -0.340. The van der Waals surface area contributed by atoms with Crippen molar-refractivity contribution in [3.8, 4) is 0 Å². The minimum absolute atomic E-state index is 0.388. The normalized spacial score (nSPS) is 15.4. The van der Waals surface area contributed by atoms with Crippen molar-refractivity contribution in [1.29, 1.82) is 0 Å². The van der Waals surface area contributed by atoms with E-state index in [1.807, 2.05) is 11.3 Å². The van der Waals surface area contributed by atoms with E-state index in [0.29, 0.717) is 12.0 Å². The standard InChI is InChI=1S/C12H21NS/c1-4-11(13)7-5-9(2)12-8-6-10(3)14-12/h6,8-9,11H,4-5,7,13H2,1-3H3. The van der Waals surface area contributed by atoms with Gasteiger partial charge < -0.3 is 5.73 Å². The lowest BCUT2D eigenvalue weighted by molar-refractivity contribution is 0.534. The van der Waals surface area contributed by atoms with Crippen molar-refractivity contribution in [2.45, 2.75) is 52.0 Å². The summed E-state index contributed by atoms with van der Waals surface area (Å²) in [5, 5.41) is 0. The average molecular weight is 211 g/mol. The van der Waals surface area contributed by atoms with Crippen molar-refractivity contribution in [1.82, 2.24) is 0 Å². The minimum Gasteiger partial charge on any atom is -0.328 e. The van der Waals surface area contributed by atoms with Crippen LogP contribution in [0.2, 0.25) is 0 Å². The molecule has 0 bridgehead atoms. The lowest BCUT2D eigenvalue weighted by Crippen LogP contribution is -2.18.